The molecule has 9 heteroatoms. The van der Waals surface area contributed by atoms with Crippen LogP contribution in [0, 0.1) is 17.8 Å². The SMILES string of the molecule is CCOC(=O)CC(NC(=O)[C@@H]1CCCN(C(=O)CCC2CCN(C(=O)OC(C)(C)C)CC2)C1)C1CC1. The van der Waals surface area contributed by atoms with Gasteiger partial charge in [-0.15, -0.1) is 0 Å². The van der Waals surface area contributed by atoms with Crippen molar-refractivity contribution < 1.29 is 28.7 Å². The molecule has 2 atom stereocenters. The van der Waals surface area contributed by atoms with Crippen molar-refractivity contribution in [3.8, 4) is 0 Å². The molecule has 2 heterocycles. The Kier molecular flexibility index (Phi) is 10.0. The molecule has 0 aromatic carbocycles. The topological polar surface area (TPSA) is 105 Å². The van der Waals surface area contributed by atoms with Crippen molar-refractivity contribution in [2.75, 3.05) is 32.8 Å². The summed E-state index contributed by atoms with van der Waals surface area (Å²) in [6.07, 6.45) is 6.59. The molecule has 0 bridgehead atoms. The van der Waals surface area contributed by atoms with Crippen molar-refractivity contribution >= 4 is 23.9 Å². The second-order valence-electron chi connectivity index (χ2n) is 11.6. The molecule has 0 spiro atoms. The molecule has 2 aliphatic heterocycles. The molecule has 9 nitrogen and oxygen atoms in total. The van der Waals surface area contributed by atoms with Crippen LogP contribution in [0.25, 0.3) is 0 Å². The van der Waals surface area contributed by atoms with E-state index in [9.17, 15) is 19.2 Å². The number of piperidine rings is 2. The molecule has 0 aromatic rings. The number of esters is 1. The number of ether oxygens (including phenoxy) is 2. The first kappa shape index (κ1) is 28.3. The van der Waals surface area contributed by atoms with Crippen molar-refractivity contribution in [2.45, 2.75) is 97.1 Å². The van der Waals surface area contributed by atoms with Gasteiger partial charge in [0.25, 0.3) is 0 Å². The number of nitrogens with one attached hydrogen (secondary N) is 1. The first-order valence-corrected chi connectivity index (χ1v) is 13.8. The first-order chi connectivity index (χ1) is 17.1. The Labute approximate surface area is 215 Å². The third-order valence-electron chi connectivity index (χ3n) is 7.39. The van der Waals surface area contributed by atoms with Crippen LogP contribution in [0.15, 0.2) is 0 Å². The maximum Gasteiger partial charge on any atom is 0.410 e. The van der Waals surface area contributed by atoms with Crippen LogP contribution in [0.5, 0.6) is 0 Å². The van der Waals surface area contributed by atoms with E-state index < -0.39 is 5.60 Å². The fourth-order valence-electron chi connectivity index (χ4n) is 5.17. The van der Waals surface area contributed by atoms with E-state index in [1.807, 2.05) is 25.7 Å². The standard InChI is InChI=1S/C27H45N3O6/c1-5-35-24(32)17-22(20-9-10-20)28-25(33)21-7-6-14-30(18-21)23(31)11-8-19-12-15-29(16-13-19)26(34)36-27(2,3)4/h19-22H,5-18H2,1-4H3,(H,28,33)/t21-,22?/m1/s1. The number of hydrogen-bond donors (Lipinski definition) is 1. The van der Waals surface area contributed by atoms with Crippen molar-refractivity contribution in [1.29, 1.82) is 0 Å². The van der Waals surface area contributed by atoms with Gasteiger partial charge in [-0.1, -0.05) is 0 Å². The van der Waals surface area contributed by atoms with Gasteiger partial charge in [0.15, 0.2) is 0 Å². The summed E-state index contributed by atoms with van der Waals surface area (Å²) in [5.74, 6) is 0.311. The zero-order chi connectivity index (χ0) is 26.3. The third kappa shape index (κ3) is 8.96. The van der Waals surface area contributed by atoms with E-state index in [4.69, 9.17) is 9.47 Å². The van der Waals surface area contributed by atoms with E-state index >= 15 is 0 Å². The predicted octanol–water partition coefficient (Wildman–Crippen LogP) is 3.50. The summed E-state index contributed by atoms with van der Waals surface area (Å²) < 4.78 is 10.5. The fraction of sp³-hybridized carbons (Fsp3) is 0.852. The highest BCUT2D eigenvalue weighted by atomic mass is 16.6. The number of carbonyl (C=O) groups is 4. The Morgan fingerprint density at radius 2 is 1.67 bits per heavy atom. The lowest BCUT2D eigenvalue weighted by molar-refractivity contribution is -0.144. The second-order valence-corrected chi connectivity index (χ2v) is 11.6. The molecule has 1 unspecified atom stereocenters. The molecule has 0 aromatic heterocycles. The maximum absolute atomic E-state index is 13.0. The summed E-state index contributed by atoms with van der Waals surface area (Å²) >= 11 is 0. The van der Waals surface area contributed by atoms with E-state index in [1.165, 1.54) is 0 Å². The lowest BCUT2D eigenvalue weighted by atomic mass is 9.91. The van der Waals surface area contributed by atoms with Gasteiger partial charge in [0.05, 0.1) is 18.9 Å². The van der Waals surface area contributed by atoms with Crippen LogP contribution in [0.2, 0.25) is 0 Å². The Morgan fingerprint density at radius 3 is 2.28 bits per heavy atom. The molecule has 0 radical (unpaired) electrons. The van der Waals surface area contributed by atoms with Gasteiger partial charge in [-0.2, -0.15) is 0 Å². The molecular weight excluding hydrogens is 462 g/mol. The van der Waals surface area contributed by atoms with E-state index in [0.29, 0.717) is 51.0 Å². The molecule has 3 fully saturated rings. The summed E-state index contributed by atoms with van der Waals surface area (Å²) in [6.45, 7) is 10.2. The van der Waals surface area contributed by atoms with E-state index in [2.05, 4.69) is 5.32 Å². The fourth-order valence-corrected chi connectivity index (χ4v) is 5.17. The van der Waals surface area contributed by atoms with Crippen LogP contribution in [0.3, 0.4) is 0 Å². The molecule has 1 aliphatic carbocycles. The first-order valence-electron chi connectivity index (χ1n) is 13.8. The Bertz CT molecular complexity index is 783. The van der Waals surface area contributed by atoms with Crippen LogP contribution in [-0.4, -0.2) is 78.1 Å². The minimum atomic E-state index is -0.497. The molecule has 204 valence electrons. The van der Waals surface area contributed by atoms with Crippen molar-refractivity contribution in [3.63, 3.8) is 0 Å². The smallest absolute Gasteiger partial charge is 0.410 e. The molecule has 1 N–H and O–H groups in total. The van der Waals surface area contributed by atoms with Gasteiger partial charge in [-0.3, -0.25) is 14.4 Å². The quantitative estimate of drug-likeness (QED) is 0.479. The Morgan fingerprint density at radius 1 is 0.972 bits per heavy atom. The monoisotopic (exact) mass is 507 g/mol. The summed E-state index contributed by atoms with van der Waals surface area (Å²) in [5, 5.41) is 3.09. The number of nitrogens with zero attached hydrogens (tertiary/aromatic N) is 2. The molecule has 2 saturated heterocycles. The van der Waals surface area contributed by atoms with Crippen LogP contribution in [0.1, 0.15) is 85.5 Å². The maximum atomic E-state index is 13.0. The Hall–Kier alpha value is -2.32. The molecule has 36 heavy (non-hydrogen) atoms. The third-order valence-corrected chi connectivity index (χ3v) is 7.39. The van der Waals surface area contributed by atoms with E-state index in [0.717, 1.165) is 44.9 Å². The zero-order valence-electron chi connectivity index (χ0n) is 22.6. The van der Waals surface area contributed by atoms with E-state index in [1.54, 1.807) is 11.8 Å². The predicted molar refractivity (Wildman–Crippen MR) is 135 cm³/mol. The molecule has 3 amide bonds. The zero-order valence-corrected chi connectivity index (χ0v) is 22.6. The molecule has 1 saturated carbocycles. The van der Waals surface area contributed by atoms with E-state index in [-0.39, 0.29) is 42.3 Å². The van der Waals surface area contributed by atoms with Crippen LogP contribution < -0.4 is 5.32 Å². The largest absolute Gasteiger partial charge is 0.466 e. The van der Waals surface area contributed by atoms with Gasteiger partial charge in [-0.25, -0.2) is 4.79 Å². The second kappa shape index (κ2) is 12.8. The van der Waals surface area contributed by atoms with Crippen LogP contribution in [-0.2, 0) is 23.9 Å². The average Bonchev–Trinajstić information content (AvgIpc) is 3.67. The number of amides is 3. The highest BCUT2D eigenvalue weighted by Gasteiger charge is 2.37. The van der Waals surface area contributed by atoms with Gasteiger partial charge < -0.3 is 24.6 Å². The van der Waals surface area contributed by atoms with Crippen LogP contribution in [0.4, 0.5) is 4.79 Å². The van der Waals surface area contributed by atoms with Crippen molar-refractivity contribution in [1.82, 2.24) is 15.1 Å². The number of rotatable bonds is 9. The highest BCUT2D eigenvalue weighted by Crippen LogP contribution is 2.34. The van der Waals surface area contributed by atoms with Gasteiger partial charge in [0.1, 0.15) is 5.60 Å². The summed E-state index contributed by atoms with van der Waals surface area (Å²) in [5.41, 5.74) is -0.497. The lowest BCUT2D eigenvalue weighted by Gasteiger charge is -2.35. The highest BCUT2D eigenvalue weighted by molar-refractivity contribution is 5.82. The molecule has 3 aliphatic rings. The minimum Gasteiger partial charge on any atom is -0.466 e. The average molecular weight is 508 g/mol. The van der Waals surface area contributed by atoms with Crippen molar-refractivity contribution in [3.05, 3.63) is 0 Å². The summed E-state index contributed by atoms with van der Waals surface area (Å²) in [6, 6.07) is -0.172. The molecule has 3 rings (SSSR count). The minimum absolute atomic E-state index is 0.0526. The number of carbonyl (C=O) groups excluding carboxylic acids is 4. The van der Waals surface area contributed by atoms with Gasteiger partial charge in [0, 0.05) is 38.6 Å². The van der Waals surface area contributed by atoms with Gasteiger partial charge in [0.2, 0.25) is 11.8 Å². The number of likely N-dealkylation sites (tertiary alicyclic amines) is 2. The van der Waals surface area contributed by atoms with Crippen LogP contribution >= 0.6 is 0 Å². The lowest BCUT2D eigenvalue weighted by Crippen LogP contribution is -2.48. The Balaban J connectivity index is 1.40. The molecular formula is C27H45N3O6. The summed E-state index contributed by atoms with van der Waals surface area (Å²) in [7, 11) is 0. The van der Waals surface area contributed by atoms with Crippen molar-refractivity contribution in [2.24, 2.45) is 17.8 Å². The van der Waals surface area contributed by atoms with Gasteiger partial charge in [-0.05, 0) is 84.5 Å². The normalized spacial score (nSPS) is 22.1. The number of hydrogen-bond acceptors (Lipinski definition) is 6. The summed E-state index contributed by atoms with van der Waals surface area (Å²) in [4.78, 5) is 53.7. The van der Waals surface area contributed by atoms with Gasteiger partial charge >= 0.3 is 12.1 Å².